The lowest BCUT2D eigenvalue weighted by atomic mass is 10.1. The molecule has 116 valence electrons. The van der Waals surface area contributed by atoms with Crippen LogP contribution >= 0.6 is 23.6 Å². The van der Waals surface area contributed by atoms with Gasteiger partial charge in [-0.25, -0.2) is 4.98 Å². The standard InChI is InChI=1S/C17H15N3OS2/c1-11-4-2-5-12(8-11)9-13-10-19-17(23-13)20-15(21)14-6-3-7-18-16(14)22/h2-8,10H,9H2,1H3,(H,18,22)(H,19,20,21). The first kappa shape index (κ1) is 15.6. The van der Waals surface area contributed by atoms with Gasteiger partial charge in [0.25, 0.3) is 5.91 Å². The van der Waals surface area contributed by atoms with Crippen LogP contribution in [0.4, 0.5) is 5.13 Å². The Balaban J connectivity index is 1.71. The number of rotatable bonds is 4. The Morgan fingerprint density at radius 3 is 3.00 bits per heavy atom. The van der Waals surface area contributed by atoms with Crippen LogP contribution in [-0.2, 0) is 6.42 Å². The van der Waals surface area contributed by atoms with Gasteiger partial charge in [-0.2, -0.15) is 0 Å². The zero-order valence-electron chi connectivity index (χ0n) is 12.5. The molecule has 3 rings (SSSR count). The third-order valence-electron chi connectivity index (χ3n) is 3.30. The number of thiazole rings is 1. The normalized spacial score (nSPS) is 10.5. The molecule has 3 aromatic rings. The predicted octanol–water partition coefficient (Wildman–Crippen LogP) is 4.35. The maximum absolute atomic E-state index is 12.2. The van der Waals surface area contributed by atoms with E-state index in [1.54, 1.807) is 24.5 Å². The van der Waals surface area contributed by atoms with E-state index in [1.807, 2.05) is 6.07 Å². The summed E-state index contributed by atoms with van der Waals surface area (Å²) in [7, 11) is 0. The Kier molecular flexibility index (Phi) is 4.64. The van der Waals surface area contributed by atoms with Crippen molar-refractivity contribution in [2.24, 2.45) is 0 Å². The molecule has 1 amide bonds. The average molecular weight is 341 g/mol. The number of anilines is 1. The van der Waals surface area contributed by atoms with Crippen LogP contribution in [0.25, 0.3) is 0 Å². The highest BCUT2D eigenvalue weighted by atomic mass is 32.1. The van der Waals surface area contributed by atoms with Gasteiger partial charge in [-0.15, -0.1) is 11.3 Å². The third-order valence-corrected chi connectivity index (χ3v) is 4.55. The zero-order chi connectivity index (χ0) is 16.2. The van der Waals surface area contributed by atoms with Gasteiger partial charge in [0.15, 0.2) is 5.13 Å². The number of carbonyl (C=O) groups is 1. The number of carbonyl (C=O) groups excluding carboxylic acids is 1. The fourth-order valence-corrected chi connectivity index (χ4v) is 3.31. The number of pyridine rings is 1. The molecule has 0 aliphatic carbocycles. The first-order valence-corrected chi connectivity index (χ1v) is 8.33. The summed E-state index contributed by atoms with van der Waals surface area (Å²) in [4.78, 5) is 20.4. The van der Waals surface area contributed by atoms with Gasteiger partial charge in [0, 0.05) is 23.7 Å². The topological polar surface area (TPSA) is 57.8 Å². The van der Waals surface area contributed by atoms with Gasteiger partial charge in [0.2, 0.25) is 0 Å². The van der Waals surface area contributed by atoms with E-state index in [0.717, 1.165) is 11.3 Å². The van der Waals surface area contributed by atoms with Crippen LogP contribution in [0.3, 0.4) is 0 Å². The fraction of sp³-hybridized carbons (Fsp3) is 0.118. The Morgan fingerprint density at radius 1 is 1.35 bits per heavy atom. The molecule has 0 aliphatic rings. The van der Waals surface area contributed by atoms with Gasteiger partial charge in [0.1, 0.15) is 4.64 Å². The zero-order valence-corrected chi connectivity index (χ0v) is 14.1. The maximum atomic E-state index is 12.2. The van der Waals surface area contributed by atoms with Crippen molar-refractivity contribution >= 4 is 34.6 Å². The van der Waals surface area contributed by atoms with Crippen LogP contribution in [0.15, 0.2) is 48.8 Å². The molecule has 0 aliphatic heterocycles. The Hall–Kier alpha value is -2.31. The van der Waals surface area contributed by atoms with Crippen LogP contribution in [0, 0.1) is 11.6 Å². The second-order valence-corrected chi connectivity index (χ2v) is 6.69. The van der Waals surface area contributed by atoms with Crippen molar-refractivity contribution in [1.82, 2.24) is 9.97 Å². The molecular weight excluding hydrogens is 326 g/mol. The molecule has 23 heavy (non-hydrogen) atoms. The number of aromatic amines is 1. The first-order chi connectivity index (χ1) is 11.1. The molecule has 0 saturated heterocycles. The van der Waals surface area contributed by atoms with Crippen LogP contribution in [0.1, 0.15) is 26.4 Å². The van der Waals surface area contributed by atoms with Gasteiger partial charge < -0.3 is 4.98 Å². The largest absolute Gasteiger partial charge is 0.352 e. The smallest absolute Gasteiger partial charge is 0.260 e. The lowest BCUT2D eigenvalue weighted by Gasteiger charge is -2.01. The number of hydrogen-bond donors (Lipinski definition) is 2. The molecule has 0 fully saturated rings. The molecule has 0 unspecified atom stereocenters. The number of H-pyrrole nitrogens is 1. The van der Waals surface area contributed by atoms with Crippen molar-refractivity contribution in [1.29, 1.82) is 0 Å². The Morgan fingerprint density at radius 2 is 2.22 bits per heavy atom. The number of aryl methyl sites for hydroxylation is 1. The van der Waals surface area contributed by atoms with Crippen molar-refractivity contribution in [3.63, 3.8) is 0 Å². The predicted molar refractivity (Wildman–Crippen MR) is 95.7 cm³/mol. The molecular formula is C17H15N3OS2. The third kappa shape index (κ3) is 3.91. The second-order valence-electron chi connectivity index (χ2n) is 5.16. The molecule has 0 saturated carbocycles. The van der Waals surface area contributed by atoms with Gasteiger partial charge >= 0.3 is 0 Å². The van der Waals surface area contributed by atoms with Crippen molar-refractivity contribution in [3.05, 3.63) is 75.0 Å². The van der Waals surface area contributed by atoms with Crippen molar-refractivity contribution in [2.75, 3.05) is 5.32 Å². The van der Waals surface area contributed by atoms with E-state index < -0.39 is 0 Å². The summed E-state index contributed by atoms with van der Waals surface area (Å²) in [6, 6.07) is 11.8. The molecule has 0 radical (unpaired) electrons. The number of aromatic nitrogens is 2. The summed E-state index contributed by atoms with van der Waals surface area (Å²) in [5, 5.41) is 3.38. The summed E-state index contributed by atoms with van der Waals surface area (Å²) < 4.78 is 0.418. The van der Waals surface area contributed by atoms with Gasteiger partial charge in [-0.1, -0.05) is 42.0 Å². The highest BCUT2D eigenvalue weighted by molar-refractivity contribution is 7.71. The highest BCUT2D eigenvalue weighted by Crippen LogP contribution is 2.22. The summed E-state index contributed by atoms with van der Waals surface area (Å²) in [6.45, 7) is 2.07. The maximum Gasteiger partial charge on any atom is 0.260 e. The molecule has 6 heteroatoms. The quantitative estimate of drug-likeness (QED) is 0.694. The van der Waals surface area contributed by atoms with Crippen molar-refractivity contribution < 1.29 is 4.79 Å². The van der Waals surface area contributed by atoms with E-state index in [2.05, 4.69) is 40.4 Å². The molecule has 0 atom stereocenters. The first-order valence-electron chi connectivity index (χ1n) is 7.11. The van der Waals surface area contributed by atoms with Crippen LogP contribution in [-0.4, -0.2) is 15.9 Å². The Bertz CT molecular complexity index is 898. The van der Waals surface area contributed by atoms with E-state index in [-0.39, 0.29) is 5.91 Å². The SMILES string of the molecule is Cc1cccc(Cc2cnc(NC(=O)c3ccc[nH]c3=S)s2)c1. The molecule has 2 heterocycles. The summed E-state index contributed by atoms with van der Waals surface area (Å²) >= 11 is 6.59. The molecule has 2 aromatic heterocycles. The lowest BCUT2D eigenvalue weighted by molar-refractivity contribution is 0.102. The molecule has 1 aromatic carbocycles. The fourth-order valence-electron chi connectivity index (χ4n) is 2.24. The minimum atomic E-state index is -0.247. The number of nitrogens with one attached hydrogen (secondary N) is 2. The van der Waals surface area contributed by atoms with E-state index in [0.29, 0.717) is 15.3 Å². The minimum Gasteiger partial charge on any atom is -0.352 e. The van der Waals surface area contributed by atoms with E-state index >= 15 is 0 Å². The number of benzene rings is 1. The summed E-state index contributed by atoms with van der Waals surface area (Å²) in [6.07, 6.45) is 4.30. The monoisotopic (exact) mass is 341 g/mol. The minimum absolute atomic E-state index is 0.247. The van der Waals surface area contributed by atoms with Gasteiger partial charge in [-0.05, 0) is 24.6 Å². The lowest BCUT2D eigenvalue weighted by Crippen LogP contribution is -2.12. The van der Waals surface area contributed by atoms with Crippen LogP contribution in [0.5, 0.6) is 0 Å². The van der Waals surface area contributed by atoms with Crippen molar-refractivity contribution in [2.45, 2.75) is 13.3 Å². The average Bonchev–Trinajstić information content (AvgIpc) is 2.94. The number of nitrogens with zero attached hydrogens (tertiary/aromatic N) is 1. The summed E-state index contributed by atoms with van der Waals surface area (Å²) in [5.41, 5.74) is 2.91. The van der Waals surface area contributed by atoms with E-state index in [1.165, 1.54) is 22.5 Å². The molecule has 0 spiro atoms. The second kappa shape index (κ2) is 6.85. The molecule has 4 nitrogen and oxygen atoms in total. The van der Waals surface area contributed by atoms with Gasteiger partial charge in [-0.3, -0.25) is 10.1 Å². The van der Waals surface area contributed by atoms with Crippen LogP contribution < -0.4 is 5.32 Å². The number of amides is 1. The highest BCUT2D eigenvalue weighted by Gasteiger charge is 2.10. The molecule has 2 N–H and O–H groups in total. The van der Waals surface area contributed by atoms with Crippen molar-refractivity contribution in [3.8, 4) is 0 Å². The van der Waals surface area contributed by atoms with E-state index in [9.17, 15) is 4.79 Å². The Labute approximate surface area is 143 Å². The van der Waals surface area contributed by atoms with E-state index in [4.69, 9.17) is 12.2 Å². The molecule has 0 bridgehead atoms. The number of hydrogen-bond acceptors (Lipinski definition) is 4. The summed E-state index contributed by atoms with van der Waals surface area (Å²) in [5.74, 6) is -0.247. The van der Waals surface area contributed by atoms with Gasteiger partial charge in [0.05, 0.1) is 5.56 Å². The van der Waals surface area contributed by atoms with Crippen LogP contribution in [0.2, 0.25) is 0 Å².